The molecule has 0 aliphatic carbocycles. The van der Waals surface area contributed by atoms with E-state index in [0.717, 1.165) is 40.0 Å². The van der Waals surface area contributed by atoms with Crippen molar-refractivity contribution in [1.82, 2.24) is 9.47 Å². The number of halogens is 1. The molecule has 0 atom stereocenters. The van der Waals surface area contributed by atoms with Gasteiger partial charge in [-0.25, -0.2) is 0 Å². The number of benzene rings is 2. The molecule has 0 radical (unpaired) electrons. The van der Waals surface area contributed by atoms with Crippen molar-refractivity contribution in [1.29, 1.82) is 0 Å². The summed E-state index contributed by atoms with van der Waals surface area (Å²) in [5.74, 6) is 0.566. The largest absolute Gasteiger partial charge is 0.492 e. The molecular formula is C25H23ClN2O3S. The van der Waals surface area contributed by atoms with Crippen LogP contribution in [-0.2, 0) is 17.9 Å². The van der Waals surface area contributed by atoms with E-state index in [1.807, 2.05) is 68.5 Å². The zero-order chi connectivity index (χ0) is 22.7. The van der Waals surface area contributed by atoms with Crippen molar-refractivity contribution < 1.29 is 14.3 Å². The Morgan fingerprint density at radius 2 is 1.75 bits per heavy atom. The first-order valence-corrected chi connectivity index (χ1v) is 11.5. The smallest absolute Gasteiger partial charge is 0.293 e. The molecular weight excluding hydrogens is 444 g/mol. The predicted octanol–water partition coefficient (Wildman–Crippen LogP) is 6.07. The number of hydrogen-bond donors (Lipinski definition) is 0. The van der Waals surface area contributed by atoms with Crippen LogP contribution in [0.25, 0.3) is 6.08 Å². The van der Waals surface area contributed by atoms with Crippen molar-refractivity contribution in [2.24, 2.45) is 0 Å². The third-order valence-corrected chi connectivity index (χ3v) is 6.51. The Hall–Kier alpha value is -2.96. The Bertz CT molecular complexity index is 1170. The van der Waals surface area contributed by atoms with Crippen LogP contribution in [0.5, 0.6) is 5.75 Å². The van der Waals surface area contributed by atoms with E-state index in [0.29, 0.717) is 23.1 Å². The number of hydrogen-bond acceptors (Lipinski definition) is 4. The fraction of sp³-hybridized carbons (Fsp3) is 0.200. The van der Waals surface area contributed by atoms with Gasteiger partial charge in [0.25, 0.3) is 11.1 Å². The minimum Gasteiger partial charge on any atom is -0.492 e. The lowest BCUT2D eigenvalue weighted by atomic mass is 10.2. The first kappa shape index (κ1) is 22.2. The topological polar surface area (TPSA) is 51.5 Å². The minimum atomic E-state index is -0.271. The number of amides is 2. The first-order valence-electron chi connectivity index (χ1n) is 10.3. The molecule has 5 nitrogen and oxygen atoms in total. The predicted molar refractivity (Wildman–Crippen MR) is 129 cm³/mol. The molecule has 2 aromatic carbocycles. The summed E-state index contributed by atoms with van der Waals surface area (Å²) in [7, 11) is 0. The molecule has 2 heterocycles. The van der Waals surface area contributed by atoms with E-state index in [2.05, 4.69) is 4.57 Å². The average Bonchev–Trinajstić information content (AvgIpc) is 3.20. The lowest BCUT2D eigenvalue weighted by molar-refractivity contribution is -0.123. The molecule has 2 amide bonds. The fourth-order valence-corrected chi connectivity index (χ4v) is 4.59. The summed E-state index contributed by atoms with van der Waals surface area (Å²) in [6.07, 6.45) is 1.81. The molecule has 1 fully saturated rings. The van der Waals surface area contributed by atoms with Crippen LogP contribution in [0.15, 0.2) is 65.6 Å². The summed E-state index contributed by atoms with van der Waals surface area (Å²) in [6, 6.07) is 18.9. The lowest BCUT2D eigenvalue weighted by Gasteiger charge is -2.12. The van der Waals surface area contributed by atoms with E-state index in [1.54, 1.807) is 12.1 Å². The molecule has 4 rings (SSSR count). The third-order valence-electron chi connectivity index (χ3n) is 5.35. The van der Waals surface area contributed by atoms with E-state index in [-0.39, 0.29) is 17.7 Å². The molecule has 164 valence electrons. The van der Waals surface area contributed by atoms with E-state index in [1.165, 1.54) is 4.90 Å². The third kappa shape index (κ3) is 4.92. The molecule has 0 saturated carbocycles. The van der Waals surface area contributed by atoms with Crippen molar-refractivity contribution in [2.45, 2.75) is 26.9 Å². The van der Waals surface area contributed by atoms with Gasteiger partial charge in [0.1, 0.15) is 12.4 Å². The van der Waals surface area contributed by atoms with Gasteiger partial charge in [-0.3, -0.25) is 14.5 Å². The summed E-state index contributed by atoms with van der Waals surface area (Å²) in [5, 5.41) is 0.355. The molecule has 0 spiro atoms. The SMILES string of the molecule is Cc1cc(/C=C2\SC(=O)N(Cc3ccc(Cl)cc3)C2=O)c(C)n1CCOc1ccccc1. The lowest BCUT2D eigenvalue weighted by Crippen LogP contribution is -2.27. The highest BCUT2D eigenvalue weighted by atomic mass is 35.5. The first-order chi connectivity index (χ1) is 15.4. The zero-order valence-electron chi connectivity index (χ0n) is 17.9. The zero-order valence-corrected chi connectivity index (χ0v) is 19.4. The van der Waals surface area contributed by atoms with E-state index >= 15 is 0 Å². The number of imide groups is 1. The van der Waals surface area contributed by atoms with Crippen LogP contribution < -0.4 is 4.74 Å². The van der Waals surface area contributed by atoms with Crippen LogP contribution >= 0.6 is 23.4 Å². The van der Waals surface area contributed by atoms with Crippen molar-refractivity contribution in [3.8, 4) is 5.75 Å². The van der Waals surface area contributed by atoms with Crippen LogP contribution in [0.1, 0.15) is 22.5 Å². The summed E-state index contributed by atoms with van der Waals surface area (Å²) in [5.41, 5.74) is 3.89. The van der Waals surface area contributed by atoms with Crippen LogP contribution in [0.3, 0.4) is 0 Å². The second-order valence-electron chi connectivity index (χ2n) is 7.53. The highest BCUT2D eigenvalue weighted by Crippen LogP contribution is 2.34. The van der Waals surface area contributed by atoms with Gasteiger partial charge in [-0.05, 0) is 73.1 Å². The number of carbonyl (C=O) groups excluding carboxylic acids is 2. The van der Waals surface area contributed by atoms with Crippen LogP contribution in [0.2, 0.25) is 5.02 Å². The van der Waals surface area contributed by atoms with Gasteiger partial charge < -0.3 is 9.30 Å². The summed E-state index contributed by atoms with van der Waals surface area (Å²) >= 11 is 6.90. The Morgan fingerprint density at radius 3 is 2.47 bits per heavy atom. The van der Waals surface area contributed by atoms with Gasteiger partial charge in [-0.2, -0.15) is 0 Å². The number of para-hydroxylation sites is 1. The second-order valence-corrected chi connectivity index (χ2v) is 8.96. The van der Waals surface area contributed by atoms with Gasteiger partial charge in [-0.1, -0.05) is 41.9 Å². The Balaban J connectivity index is 1.46. The van der Waals surface area contributed by atoms with E-state index in [4.69, 9.17) is 16.3 Å². The number of ether oxygens (including phenoxy) is 1. The summed E-state index contributed by atoms with van der Waals surface area (Å²) in [4.78, 5) is 27.1. The molecule has 32 heavy (non-hydrogen) atoms. The number of carbonyl (C=O) groups is 2. The quantitative estimate of drug-likeness (QED) is 0.396. The normalized spacial score (nSPS) is 15.1. The number of rotatable bonds is 7. The van der Waals surface area contributed by atoms with E-state index < -0.39 is 0 Å². The van der Waals surface area contributed by atoms with Gasteiger partial charge in [0.15, 0.2) is 0 Å². The van der Waals surface area contributed by atoms with Gasteiger partial charge >= 0.3 is 0 Å². The molecule has 0 unspecified atom stereocenters. The van der Waals surface area contributed by atoms with Crippen molar-refractivity contribution in [3.05, 3.63) is 93.1 Å². The number of nitrogens with zero attached hydrogens (tertiary/aromatic N) is 2. The maximum absolute atomic E-state index is 12.9. The van der Waals surface area contributed by atoms with E-state index in [9.17, 15) is 9.59 Å². The summed E-state index contributed by atoms with van der Waals surface area (Å²) < 4.78 is 7.98. The Labute approximate surface area is 196 Å². The fourth-order valence-electron chi connectivity index (χ4n) is 3.64. The van der Waals surface area contributed by atoms with Crippen LogP contribution in [0.4, 0.5) is 4.79 Å². The number of aromatic nitrogens is 1. The molecule has 7 heteroatoms. The molecule has 0 bridgehead atoms. The molecule has 1 saturated heterocycles. The van der Waals surface area contributed by atoms with Crippen molar-refractivity contribution in [2.75, 3.05) is 6.61 Å². The minimum absolute atomic E-state index is 0.231. The highest BCUT2D eigenvalue weighted by molar-refractivity contribution is 8.18. The van der Waals surface area contributed by atoms with Crippen LogP contribution in [0, 0.1) is 13.8 Å². The van der Waals surface area contributed by atoms with Gasteiger partial charge in [0, 0.05) is 16.4 Å². The number of aryl methyl sites for hydroxylation is 1. The summed E-state index contributed by atoms with van der Waals surface area (Å²) in [6.45, 7) is 5.50. The maximum Gasteiger partial charge on any atom is 0.293 e. The van der Waals surface area contributed by atoms with Gasteiger partial charge in [0.2, 0.25) is 0 Å². The van der Waals surface area contributed by atoms with Gasteiger partial charge in [0.05, 0.1) is 18.0 Å². The molecule has 1 aliphatic rings. The molecule has 1 aromatic heterocycles. The Kier molecular flexibility index (Phi) is 6.72. The highest BCUT2D eigenvalue weighted by Gasteiger charge is 2.35. The Morgan fingerprint density at radius 1 is 1.03 bits per heavy atom. The second kappa shape index (κ2) is 9.67. The monoisotopic (exact) mass is 466 g/mol. The molecule has 1 aliphatic heterocycles. The standard InChI is InChI=1S/C25H23ClN2O3S/c1-17-14-20(18(2)27(17)12-13-31-22-6-4-3-5-7-22)15-23-24(29)28(25(30)32-23)16-19-8-10-21(26)11-9-19/h3-11,14-15H,12-13,16H2,1-2H3/b23-15-. The average molecular weight is 467 g/mol. The number of thioether (sulfide) groups is 1. The van der Waals surface area contributed by atoms with Gasteiger partial charge in [-0.15, -0.1) is 0 Å². The molecule has 3 aromatic rings. The van der Waals surface area contributed by atoms with Crippen LogP contribution in [-0.4, -0.2) is 27.2 Å². The molecule has 0 N–H and O–H groups in total. The van der Waals surface area contributed by atoms with Crippen molar-refractivity contribution in [3.63, 3.8) is 0 Å². The maximum atomic E-state index is 12.9. The van der Waals surface area contributed by atoms with Crippen molar-refractivity contribution >= 4 is 40.6 Å².